The first-order valence-electron chi connectivity index (χ1n) is 16.3. The molecule has 0 spiro atoms. The van der Waals surface area contributed by atoms with E-state index in [9.17, 15) is 15.8 Å². The Balaban J connectivity index is 1.23. The molecular weight excluding hydrogens is 611 g/mol. The molecule has 9 aromatic rings. The number of para-hydroxylation sites is 3. The Morgan fingerprint density at radius 3 is 1.84 bits per heavy atom. The SMILES string of the molecule is N#Cc1ccc2c(c1)c1ccccc1n2-c1ccccc1-c1cccc(-c2ccc(C#N)c(-n3c4ccccc4c4c(C#N)cccc43)c2)c1. The molecule has 0 aliphatic carbocycles. The van der Waals surface area contributed by atoms with Crippen LogP contribution < -0.4 is 0 Å². The fraction of sp³-hybridized carbons (Fsp3) is 0. The molecule has 0 saturated carbocycles. The summed E-state index contributed by atoms with van der Waals surface area (Å²) in [5, 5.41) is 33.9. The highest BCUT2D eigenvalue weighted by molar-refractivity contribution is 6.12. The monoisotopic (exact) mass is 635 g/mol. The standard InChI is InChI=1S/C45H25N5/c46-26-29-19-22-42-38(23-29)36-13-2-5-16-40(36)49(42)39-15-4-1-12-35(39)32-10-7-9-30(24-32)31-20-21-33(27-47)44(25-31)50-41-17-6-3-14-37(41)45-34(28-48)11-8-18-43(45)50/h1-25H. The van der Waals surface area contributed by atoms with Crippen molar-refractivity contribution in [1.29, 1.82) is 15.8 Å². The second-order valence-electron chi connectivity index (χ2n) is 12.3. The molecule has 0 aliphatic rings. The van der Waals surface area contributed by atoms with Crippen LogP contribution in [-0.4, -0.2) is 9.13 Å². The maximum absolute atomic E-state index is 10.3. The van der Waals surface area contributed by atoms with Gasteiger partial charge in [0, 0.05) is 27.1 Å². The minimum absolute atomic E-state index is 0.547. The van der Waals surface area contributed by atoms with Gasteiger partial charge in [-0.15, -0.1) is 0 Å². The van der Waals surface area contributed by atoms with E-state index in [0.717, 1.165) is 77.2 Å². The van der Waals surface area contributed by atoms with Crippen molar-refractivity contribution in [1.82, 2.24) is 9.13 Å². The fourth-order valence-electron chi connectivity index (χ4n) is 7.44. The Labute approximate surface area is 287 Å². The Bertz CT molecular complexity index is 2970. The molecule has 5 heteroatoms. The molecule has 50 heavy (non-hydrogen) atoms. The van der Waals surface area contributed by atoms with Crippen molar-refractivity contribution in [3.63, 3.8) is 0 Å². The number of aromatic nitrogens is 2. The van der Waals surface area contributed by atoms with Crippen LogP contribution in [0.15, 0.2) is 152 Å². The minimum atomic E-state index is 0.547. The summed E-state index contributed by atoms with van der Waals surface area (Å²) in [5.41, 5.74) is 11.6. The zero-order valence-corrected chi connectivity index (χ0v) is 26.7. The average molecular weight is 636 g/mol. The summed E-state index contributed by atoms with van der Waals surface area (Å²) in [5.74, 6) is 0. The summed E-state index contributed by atoms with van der Waals surface area (Å²) in [4.78, 5) is 0. The maximum atomic E-state index is 10.3. The van der Waals surface area contributed by atoms with Crippen LogP contribution in [0.5, 0.6) is 0 Å². The van der Waals surface area contributed by atoms with Crippen LogP contribution in [0.1, 0.15) is 16.7 Å². The lowest BCUT2D eigenvalue weighted by molar-refractivity contribution is 1.17. The van der Waals surface area contributed by atoms with Gasteiger partial charge in [-0.05, 0) is 83.4 Å². The number of nitriles is 3. The smallest absolute Gasteiger partial charge is 0.101 e. The van der Waals surface area contributed by atoms with Crippen LogP contribution in [0, 0.1) is 34.0 Å². The summed E-state index contributed by atoms with van der Waals surface area (Å²) in [7, 11) is 0. The van der Waals surface area contributed by atoms with Gasteiger partial charge in [0.15, 0.2) is 0 Å². The van der Waals surface area contributed by atoms with Gasteiger partial charge >= 0.3 is 0 Å². The third kappa shape index (κ3) is 4.31. The Kier molecular flexibility index (Phi) is 6.56. The average Bonchev–Trinajstić information content (AvgIpc) is 3.70. The summed E-state index contributed by atoms with van der Waals surface area (Å²) in [6.07, 6.45) is 0. The first-order chi connectivity index (χ1) is 24.7. The lowest BCUT2D eigenvalue weighted by Crippen LogP contribution is -1.99. The van der Waals surface area contributed by atoms with E-state index in [1.165, 1.54) is 0 Å². The lowest BCUT2D eigenvalue weighted by atomic mass is 9.96. The van der Waals surface area contributed by atoms with Crippen LogP contribution in [0.25, 0.3) is 77.2 Å². The van der Waals surface area contributed by atoms with Gasteiger partial charge in [0.1, 0.15) is 6.07 Å². The van der Waals surface area contributed by atoms with Gasteiger partial charge in [0.25, 0.3) is 0 Å². The van der Waals surface area contributed by atoms with Gasteiger partial charge < -0.3 is 9.13 Å². The van der Waals surface area contributed by atoms with Crippen LogP contribution in [0.2, 0.25) is 0 Å². The largest absolute Gasteiger partial charge is 0.309 e. The van der Waals surface area contributed by atoms with E-state index >= 15 is 0 Å². The van der Waals surface area contributed by atoms with Gasteiger partial charge in [0.2, 0.25) is 0 Å². The Morgan fingerprint density at radius 1 is 0.380 bits per heavy atom. The van der Waals surface area contributed by atoms with E-state index in [-0.39, 0.29) is 0 Å². The molecule has 0 bridgehead atoms. The molecule has 0 atom stereocenters. The highest BCUT2D eigenvalue weighted by Gasteiger charge is 2.19. The van der Waals surface area contributed by atoms with Crippen LogP contribution in [-0.2, 0) is 0 Å². The number of fused-ring (bicyclic) bond motifs is 6. The van der Waals surface area contributed by atoms with Crippen LogP contribution >= 0.6 is 0 Å². The lowest BCUT2D eigenvalue weighted by Gasteiger charge is -2.16. The van der Waals surface area contributed by atoms with Crippen LogP contribution in [0.4, 0.5) is 0 Å². The molecule has 0 amide bonds. The van der Waals surface area contributed by atoms with E-state index in [2.05, 4.69) is 94.1 Å². The van der Waals surface area contributed by atoms with Gasteiger partial charge in [0.05, 0.1) is 62.3 Å². The number of nitrogens with zero attached hydrogens (tertiary/aromatic N) is 5. The van der Waals surface area contributed by atoms with Crippen molar-refractivity contribution in [2.75, 3.05) is 0 Å². The van der Waals surface area contributed by atoms with Gasteiger partial charge in [-0.3, -0.25) is 0 Å². The highest BCUT2D eigenvalue weighted by atomic mass is 15.0. The predicted molar refractivity (Wildman–Crippen MR) is 200 cm³/mol. The normalized spacial score (nSPS) is 11.1. The van der Waals surface area contributed by atoms with Gasteiger partial charge in [-0.1, -0.05) is 84.9 Å². The highest BCUT2D eigenvalue weighted by Crippen LogP contribution is 2.39. The van der Waals surface area contributed by atoms with Crippen LogP contribution in [0.3, 0.4) is 0 Å². The zero-order chi connectivity index (χ0) is 33.8. The number of benzene rings is 7. The molecule has 0 N–H and O–H groups in total. The molecule has 0 unspecified atom stereocenters. The topological polar surface area (TPSA) is 81.2 Å². The van der Waals surface area contributed by atoms with Crippen molar-refractivity contribution < 1.29 is 0 Å². The molecule has 0 saturated heterocycles. The molecule has 0 fully saturated rings. The zero-order valence-electron chi connectivity index (χ0n) is 26.7. The third-order valence-corrected chi connectivity index (χ3v) is 9.63. The van der Waals surface area contributed by atoms with Gasteiger partial charge in [-0.2, -0.15) is 15.8 Å². The molecule has 2 heterocycles. The molecule has 2 aromatic heterocycles. The Hall–Kier alpha value is -7.39. The molecule has 0 aliphatic heterocycles. The summed E-state index contributed by atoms with van der Waals surface area (Å²) < 4.78 is 4.39. The summed E-state index contributed by atoms with van der Waals surface area (Å²) in [6.45, 7) is 0. The molecule has 0 radical (unpaired) electrons. The third-order valence-electron chi connectivity index (χ3n) is 9.63. The van der Waals surface area contributed by atoms with E-state index in [0.29, 0.717) is 16.7 Å². The van der Waals surface area contributed by atoms with E-state index in [4.69, 9.17) is 0 Å². The Morgan fingerprint density at radius 2 is 1.02 bits per heavy atom. The summed E-state index contributed by atoms with van der Waals surface area (Å²) >= 11 is 0. The maximum Gasteiger partial charge on any atom is 0.101 e. The van der Waals surface area contributed by atoms with Crippen molar-refractivity contribution in [2.24, 2.45) is 0 Å². The van der Waals surface area contributed by atoms with E-state index < -0.39 is 0 Å². The first-order valence-corrected chi connectivity index (χ1v) is 16.3. The van der Waals surface area contributed by atoms with Gasteiger partial charge in [-0.25, -0.2) is 0 Å². The second kappa shape index (κ2) is 11.4. The van der Waals surface area contributed by atoms with Crippen molar-refractivity contribution in [3.05, 3.63) is 168 Å². The fourth-order valence-corrected chi connectivity index (χ4v) is 7.44. The number of rotatable bonds is 4. The summed E-state index contributed by atoms with van der Waals surface area (Å²) in [6, 6.07) is 57.9. The first kappa shape index (κ1) is 28.8. The van der Waals surface area contributed by atoms with E-state index in [1.807, 2.05) is 84.9 Å². The molecule has 230 valence electrons. The van der Waals surface area contributed by atoms with Crippen molar-refractivity contribution in [2.45, 2.75) is 0 Å². The van der Waals surface area contributed by atoms with E-state index in [1.54, 1.807) is 0 Å². The second-order valence-corrected chi connectivity index (χ2v) is 12.3. The van der Waals surface area contributed by atoms with Crippen molar-refractivity contribution in [3.8, 4) is 51.8 Å². The molecule has 9 rings (SSSR count). The molecule has 7 aromatic carbocycles. The quantitative estimate of drug-likeness (QED) is 0.193. The molecule has 5 nitrogen and oxygen atoms in total. The number of hydrogen-bond donors (Lipinski definition) is 0. The van der Waals surface area contributed by atoms with Crippen molar-refractivity contribution >= 4 is 43.6 Å². The predicted octanol–water partition coefficient (Wildman–Crippen LogP) is 10.8. The molecular formula is C45H25N5. The minimum Gasteiger partial charge on any atom is -0.309 e. The number of hydrogen-bond acceptors (Lipinski definition) is 3.